The molecule has 3 atom stereocenters. The minimum atomic E-state index is -0.290. The number of rotatable bonds is 3. The molecule has 2 aliphatic rings. The summed E-state index contributed by atoms with van der Waals surface area (Å²) in [5.41, 5.74) is 2.72. The molecular formula is C23H22N2O3. The Labute approximate surface area is 164 Å². The molecule has 28 heavy (non-hydrogen) atoms. The number of nitrogens with zero attached hydrogens (tertiary/aromatic N) is 1. The van der Waals surface area contributed by atoms with Gasteiger partial charge in [-0.25, -0.2) is 0 Å². The number of hydrogen-bond donors (Lipinski definition) is 1. The van der Waals surface area contributed by atoms with E-state index in [-0.39, 0.29) is 35.5 Å². The SMILES string of the molecule is Cc1ccccc1NC(=O)c1ccc(N2C(=O)[C@@H]3[C@H](C)C=CC[C@@H]3C2=O)cc1. The van der Waals surface area contributed by atoms with E-state index in [0.29, 0.717) is 17.7 Å². The number of carbonyl (C=O) groups excluding carboxylic acids is 3. The zero-order valence-electron chi connectivity index (χ0n) is 15.9. The van der Waals surface area contributed by atoms with Gasteiger partial charge in [0.05, 0.1) is 17.5 Å². The second-order valence-electron chi connectivity index (χ2n) is 7.48. The van der Waals surface area contributed by atoms with Crippen LogP contribution in [0.1, 0.15) is 29.3 Å². The fraction of sp³-hybridized carbons (Fsp3) is 0.261. The maximum atomic E-state index is 12.9. The minimum Gasteiger partial charge on any atom is -0.322 e. The largest absolute Gasteiger partial charge is 0.322 e. The van der Waals surface area contributed by atoms with Crippen molar-refractivity contribution in [2.45, 2.75) is 20.3 Å². The summed E-state index contributed by atoms with van der Waals surface area (Å²) < 4.78 is 0. The number of anilines is 2. The molecule has 1 fully saturated rings. The van der Waals surface area contributed by atoms with Crippen LogP contribution < -0.4 is 10.2 Å². The maximum Gasteiger partial charge on any atom is 0.255 e. The number of allylic oxidation sites excluding steroid dienone is 2. The van der Waals surface area contributed by atoms with E-state index in [1.807, 2.05) is 50.3 Å². The highest BCUT2D eigenvalue weighted by Crippen LogP contribution is 2.40. The van der Waals surface area contributed by atoms with E-state index in [1.165, 1.54) is 4.90 Å². The summed E-state index contributed by atoms with van der Waals surface area (Å²) >= 11 is 0. The maximum absolute atomic E-state index is 12.9. The number of imide groups is 1. The first kappa shape index (κ1) is 18.2. The molecule has 3 amide bonds. The van der Waals surface area contributed by atoms with E-state index in [2.05, 4.69) is 5.32 Å². The normalized spacial score (nSPS) is 23.6. The molecular weight excluding hydrogens is 352 g/mol. The molecule has 4 rings (SSSR count). The fourth-order valence-electron chi connectivity index (χ4n) is 4.07. The van der Waals surface area contributed by atoms with Crippen molar-refractivity contribution in [3.63, 3.8) is 0 Å². The van der Waals surface area contributed by atoms with Crippen molar-refractivity contribution in [1.82, 2.24) is 0 Å². The number of para-hydroxylation sites is 1. The molecule has 0 radical (unpaired) electrons. The van der Waals surface area contributed by atoms with Crippen molar-refractivity contribution in [2.24, 2.45) is 17.8 Å². The third-order valence-electron chi connectivity index (χ3n) is 5.65. The van der Waals surface area contributed by atoms with Crippen LogP contribution in [0, 0.1) is 24.7 Å². The second-order valence-corrected chi connectivity index (χ2v) is 7.48. The van der Waals surface area contributed by atoms with Gasteiger partial charge < -0.3 is 5.32 Å². The fourth-order valence-corrected chi connectivity index (χ4v) is 4.07. The molecule has 1 aliphatic carbocycles. The lowest BCUT2D eigenvalue weighted by atomic mass is 9.78. The van der Waals surface area contributed by atoms with Gasteiger partial charge in [0.2, 0.25) is 11.8 Å². The minimum absolute atomic E-state index is 0.0550. The van der Waals surface area contributed by atoms with Crippen LogP contribution in [-0.4, -0.2) is 17.7 Å². The number of carbonyl (C=O) groups is 3. The van der Waals surface area contributed by atoms with Gasteiger partial charge in [0, 0.05) is 11.3 Å². The molecule has 2 aromatic rings. The second kappa shape index (κ2) is 7.08. The van der Waals surface area contributed by atoms with Crippen LogP contribution in [0.3, 0.4) is 0 Å². The summed E-state index contributed by atoms with van der Waals surface area (Å²) in [5.74, 6) is -1.05. The Morgan fingerprint density at radius 2 is 1.75 bits per heavy atom. The van der Waals surface area contributed by atoms with Crippen LogP contribution in [-0.2, 0) is 9.59 Å². The summed E-state index contributed by atoms with van der Waals surface area (Å²) in [5, 5.41) is 2.88. The van der Waals surface area contributed by atoms with Gasteiger partial charge in [-0.1, -0.05) is 37.3 Å². The average molecular weight is 374 g/mol. The average Bonchev–Trinajstić information content (AvgIpc) is 2.95. The van der Waals surface area contributed by atoms with Gasteiger partial charge in [-0.05, 0) is 55.2 Å². The molecule has 0 spiro atoms. The van der Waals surface area contributed by atoms with Crippen molar-refractivity contribution in [1.29, 1.82) is 0 Å². The third-order valence-corrected chi connectivity index (χ3v) is 5.65. The highest BCUT2D eigenvalue weighted by molar-refractivity contribution is 6.22. The van der Waals surface area contributed by atoms with Crippen LogP contribution >= 0.6 is 0 Å². The number of fused-ring (bicyclic) bond motifs is 1. The Kier molecular flexibility index (Phi) is 4.59. The first-order valence-corrected chi connectivity index (χ1v) is 9.49. The van der Waals surface area contributed by atoms with Crippen LogP contribution in [0.4, 0.5) is 11.4 Å². The molecule has 0 unspecified atom stereocenters. The lowest BCUT2D eigenvalue weighted by molar-refractivity contribution is -0.122. The molecule has 0 aromatic heterocycles. The van der Waals surface area contributed by atoms with Gasteiger partial charge in [0.25, 0.3) is 5.91 Å². The Morgan fingerprint density at radius 1 is 1.04 bits per heavy atom. The standard InChI is InChI=1S/C23H22N2O3/c1-14-6-3-4-9-19(14)24-21(26)16-10-12-17(13-11-16)25-22(27)18-8-5-7-15(2)20(18)23(25)28/h3-7,9-13,15,18,20H,8H2,1-2H3,(H,24,26)/t15-,18+,20-/m1/s1. The van der Waals surface area contributed by atoms with Crippen molar-refractivity contribution < 1.29 is 14.4 Å². The van der Waals surface area contributed by atoms with E-state index in [4.69, 9.17) is 0 Å². The first-order valence-electron chi connectivity index (χ1n) is 9.49. The number of nitrogens with one attached hydrogen (secondary N) is 1. The quantitative estimate of drug-likeness (QED) is 0.653. The van der Waals surface area contributed by atoms with Crippen molar-refractivity contribution >= 4 is 29.1 Å². The highest BCUT2D eigenvalue weighted by Gasteiger charge is 2.50. The summed E-state index contributed by atoms with van der Waals surface area (Å²) in [4.78, 5) is 39.4. The van der Waals surface area contributed by atoms with E-state index in [1.54, 1.807) is 24.3 Å². The highest BCUT2D eigenvalue weighted by atomic mass is 16.2. The van der Waals surface area contributed by atoms with Gasteiger partial charge in [-0.2, -0.15) is 0 Å². The van der Waals surface area contributed by atoms with Crippen molar-refractivity contribution in [3.05, 3.63) is 71.8 Å². The van der Waals surface area contributed by atoms with Gasteiger partial charge in [-0.3, -0.25) is 19.3 Å². The predicted molar refractivity (Wildman–Crippen MR) is 108 cm³/mol. The van der Waals surface area contributed by atoms with Gasteiger partial charge in [-0.15, -0.1) is 0 Å². The van der Waals surface area contributed by atoms with E-state index < -0.39 is 0 Å². The molecule has 5 nitrogen and oxygen atoms in total. The van der Waals surface area contributed by atoms with E-state index in [9.17, 15) is 14.4 Å². The van der Waals surface area contributed by atoms with Gasteiger partial charge in [0.1, 0.15) is 0 Å². The topological polar surface area (TPSA) is 66.5 Å². The molecule has 1 heterocycles. The third kappa shape index (κ3) is 3.03. The molecule has 1 N–H and O–H groups in total. The van der Waals surface area contributed by atoms with Crippen LogP contribution in [0.2, 0.25) is 0 Å². The summed E-state index contributed by atoms with van der Waals surface area (Å²) in [7, 11) is 0. The van der Waals surface area contributed by atoms with Crippen molar-refractivity contribution in [3.8, 4) is 0 Å². The van der Waals surface area contributed by atoms with Crippen LogP contribution in [0.5, 0.6) is 0 Å². The molecule has 0 bridgehead atoms. The molecule has 5 heteroatoms. The lowest BCUT2D eigenvalue weighted by Crippen LogP contribution is -2.31. The lowest BCUT2D eigenvalue weighted by Gasteiger charge is -2.22. The Balaban J connectivity index is 1.54. The molecule has 0 saturated carbocycles. The Bertz CT molecular complexity index is 978. The summed E-state index contributed by atoms with van der Waals surface area (Å²) in [6.45, 7) is 3.90. The Morgan fingerprint density at radius 3 is 2.43 bits per heavy atom. The van der Waals surface area contributed by atoms with Crippen LogP contribution in [0.25, 0.3) is 0 Å². The van der Waals surface area contributed by atoms with Gasteiger partial charge >= 0.3 is 0 Å². The number of amides is 3. The summed E-state index contributed by atoms with van der Waals surface area (Å²) in [6.07, 6.45) is 4.60. The zero-order valence-corrected chi connectivity index (χ0v) is 15.9. The van der Waals surface area contributed by atoms with Gasteiger partial charge in [0.15, 0.2) is 0 Å². The van der Waals surface area contributed by atoms with E-state index in [0.717, 1.165) is 11.3 Å². The molecule has 1 saturated heterocycles. The number of hydrogen-bond acceptors (Lipinski definition) is 3. The van der Waals surface area contributed by atoms with Crippen molar-refractivity contribution in [2.75, 3.05) is 10.2 Å². The smallest absolute Gasteiger partial charge is 0.255 e. The molecule has 142 valence electrons. The predicted octanol–water partition coefficient (Wildman–Crippen LogP) is 3.95. The number of benzene rings is 2. The first-order chi connectivity index (χ1) is 13.5. The van der Waals surface area contributed by atoms with E-state index >= 15 is 0 Å². The monoisotopic (exact) mass is 374 g/mol. The summed E-state index contributed by atoms with van der Waals surface area (Å²) in [6, 6.07) is 14.2. The van der Waals surface area contributed by atoms with Crippen LogP contribution in [0.15, 0.2) is 60.7 Å². The number of aryl methyl sites for hydroxylation is 1. The zero-order chi connectivity index (χ0) is 19.8. The molecule has 1 aliphatic heterocycles. The Hall–Kier alpha value is -3.21. The molecule has 2 aromatic carbocycles.